The third-order valence-electron chi connectivity index (χ3n) is 4.02. The number of anilines is 1. The SMILES string of the molecule is CC(=O)N(Cc1ccc2ccc(Cl)nc2c1)c1ccc(F)cc1OC(C)C. The van der Waals surface area contributed by atoms with Crippen molar-refractivity contribution >= 4 is 34.1 Å². The van der Waals surface area contributed by atoms with Gasteiger partial charge in [0.15, 0.2) is 0 Å². The largest absolute Gasteiger partial charge is 0.489 e. The molecule has 0 N–H and O–H groups in total. The number of aromatic nitrogens is 1. The zero-order valence-corrected chi connectivity index (χ0v) is 16.1. The molecule has 27 heavy (non-hydrogen) atoms. The Hall–Kier alpha value is -2.66. The molecule has 0 aliphatic carbocycles. The van der Waals surface area contributed by atoms with E-state index in [4.69, 9.17) is 16.3 Å². The van der Waals surface area contributed by atoms with E-state index in [2.05, 4.69) is 4.98 Å². The maximum absolute atomic E-state index is 13.7. The molecule has 0 aliphatic rings. The van der Waals surface area contributed by atoms with Crippen molar-refractivity contribution in [3.05, 3.63) is 65.1 Å². The van der Waals surface area contributed by atoms with E-state index in [1.807, 2.05) is 38.1 Å². The second kappa shape index (κ2) is 7.92. The Bertz CT molecular complexity index is 991. The van der Waals surface area contributed by atoms with Crippen molar-refractivity contribution in [2.24, 2.45) is 0 Å². The molecule has 0 saturated heterocycles. The Morgan fingerprint density at radius 3 is 2.63 bits per heavy atom. The Labute approximate surface area is 162 Å². The minimum absolute atomic E-state index is 0.147. The third kappa shape index (κ3) is 4.55. The summed E-state index contributed by atoms with van der Waals surface area (Å²) in [6, 6.07) is 13.6. The van der Waals surface area contributed by atoms with Crippen LogP contribution in [-0.4, -0.2) is 17.0 Å². The highest BCUT2D eigenvalue weighted by atomic mass is 35.5. The maximum atomic E-state index is 13.7. The molecule has 3 rings (SSSR count). The zero-order valence-electron chi connectivity index (χ0n) is 15.4. The predicted molar refractivity (Wildman–Crippen MR) is 106 cm³/mol. The Kier molecular flexibility index (Phi) is 5.61. The Morgan fingerprint density at radius 2 is 1.93 bits per heavy atom. The van der Waals surface area contributed by atoms with Gasteiger partial charge in [-0.2, -0.15) is 0 Å². The lowest BCUT2D eigenvalue weighted by Gasteiger charge is -2.25. The molecule has 0 bridgehead atoms. The number of benzene rings is 2. The van der Waals surface area contributed by atoms with E-state index in [9.17, 15) is 9.18 Å². The van der Waals surface area contributed by atoms with Crippen LogP contribution in [0.25, 0.3) is 10.9 Å². The van der Waals surface area contributed by atoms with Crippen LogP contribution in [0, 0.1) is 5.82 Å². The summed E-state index contributed by atoms with van der Waals surface area (Å²) in [5, 5.41) is 1.37. The number of hydrogen-bond donors (Lipinski definition) is 0. The summed E-state index contributed by atoms with van der Waals surface area (Å²) < 4.78 is 19.4. The first-order chi connectivity index (χ1) is 12.8. The molecule has 0 atom stereocenters. The summed E-state index contributed by atoms with van der Waals surface area (Å²) in [5.74, 6) is -0.251. The Balaban J connectivity index is 1.99. The van der Waals surface area contributed by atoms with Gasteiger partial charge in [-0.05, 0) is 49.7 Å². The van der Waals surface area contributed by atoms with Gasteiger partial charge >= 0.3 is 0 Å². The monoisotopic (exact) mass is 386 g/mol. The molecule has 0 spiro atoms. The Morgan fingerprint density at radius 1 is 1.19 bits per heavy atom. The molecule has 140 valence electrons. The fourth-order valence-electron chi connectivity index (χ4n) is 2.84. The van der Waals surface area contributed by atoms with E-state index in [1.54, 1.807) is 17.0 Å². The van der Waals surface area contributed by atoms with Gasteiger partial charge in [0.2, 0.25) is 5.91 Å². The normalized spacial score (nSPS) is 11.0. The summed E-state index contributed by atoms with van der Waals surface area (Å²) >= 11 is 5.98. The van der Waals surface area contributed by atoms with Gasteiger partial charge in [-0.15, -0.1) is 0 Å². The molecule has 1 aromatic heterocycles. The number of nitrogens with zero attached hydrogens (tertiary/aromatic N) is 2. The summed E-state index contributed by atoms with van der Waals surface area (Å²) in [5.41, 5.74) is 2.16. The van der Waals surface area contributed by atoms with E-state index in [-0.39, 0.29) is 12.0 Å². The third-order valence-corrected chi connectivity index (χ3v) is 4.23. The van der Waals surface area contributed by atoms with Gasteiger partial charge in [-0.25, -0.2) is 9.37 Å². The van der Waals surface area contributed by atoms with Gasteiger partial charge in [-0.3, -0.25) is 4.79 Å². The van der Waals surface area contributed by atoms with Crippen molar-refractivity contribution in [1.82, 2.24) is 4.98 Å². The number of hydrogen-bond acceptors (Lipinski definition) is 3. The molecular formula is C21H20ClFN2O2. The summed E-state index contributed by atoms with van der Waals surface area (Å²) in [7, 11) is 0. The molecule has 0 saturated carbocycles. The molecule has 6 heteroatoms. The number of halogens is 2. The minimum atomic E-state index is -0.414. The van der Waals surface area contributed by atoms with E-state index in [0.29, 0.717) is 23.1 Å². The minimum Gasteiger partial charge on any atom is -0.489 e. The molecule has 0 fully saturated rings. The van der Waals surface area contributed by atoms with Gasteiger partial charge in [-0.1, -0.05) is 23.7 Å². The number of carbonyl (C=O) groups excluding carboxylic acids is 1. The van der Waals surface area contributed by atoms with E-state index in [1.165, 1.54) is 19.1 Å². The van der Waals surface area contributed by atoms with Crippen LogP contribution in [0.15, 0.2) is 48.5 Å². The van der Waals surface area contributed by atoms with Crippen molar-refractivity contribution < 1.29 is 13.9 Å². The predicted octanol–water partition coefficient (Wildman–Crippen LogP) is 5.37. The second-order valence-electron chi connectivity index (χ2n) is 6.54. The average molecular weight is 387 g/mol. The van der Waals surface area contributed by atoms with Crippen molar-refractivity contribution in [3.63, 3.8) is 0 Å². The maximum Gasteiger partial charge on any atom is 0.224 e. The quantitative estimate of drug-likeness (QED) is 0.554. The molecule has 4 nitrogen and oxygen atoms in total. The van der Waals surface area contributed by atoms with Crippen molar-refractivity contribution in [2.75, 3.05) is 4.90 Å². The lowest BCUT2D eigenvalue weighted by Crippen LogP contribution is -2.28. The number of ether oxygens (including phenoxy) is 1. The average Bonchev–Trinajstić information content (AvgIpc) is 2.59. The summed E-state index contributed by atoms with van der Waals surface area (Å²) in [4.78, 5) is 18.2. The summed E-state index contributed by atoms with van der Waals surface area (Å²) in [6.07, 6.45) is -0.147. The molecule has 0 radical (unpaired) electrons. The number of fused-ring (bicyclic) bond motifs is 1. The molecular weight excluding hydrogens is 367 g/mol. The van der Waals surface area contributed by atoms with Crippen LogP contribution in [0.1, 0.15) is 26.3 Å². The molecule has 0 unspecified atom stereocenters. The first-order valence-corrected chi connectivity index (χ1v) is 9.01. The van der Waals surface area contributed by atoms with E-state index < -0.39 is 5.82 Å². The van der Waals surface area contributed by atoms with Crippen LogP contribution in [0.3, 0.4) is 0 Å². The number of rotatable bonds is 5. The van der Waals surface area contributed by atoms with Gasteiger partial charge < -0.3 is 9.64 Å². The number of amides is 1. The van der Waals surface area contributed by atoms with Crippen LogP contribution >= 0.6 is 11.6 Å². The fraction of sp³-hybridized carbons (Fsp3) is 0.238. The smallest absolute Gasteiger partial charge is 0.224 e. The summed E-state index contributed by atoms with van der Waals surface area (Å²) in [6.45, 7) is 5.48. The van der Waals surface area contributed by atoms with Crippen LogP contribution in [0.5, 0.6) is 5.75 Å². The standard InChI is InChI=1S/C21H20ClFN2O2/c1-13(2)27-20-11-17(23)7-8-19(20)25(14(3)26)12-15-4-5-16-6-9-21(22)24-18(16)10-15/h4-11,13H,12H2,1-3H3. The zero-order chi connectivity index (χ0) is 19.6. The van der Waals surface area contributed by atoms with Crippen LogP contribution < -0.4 is 9.64 Å². The highest BCUT2D eigenvalue weighted by molar-refractivity contribution is 6.29. The van der Waals surface area contributed by atoms with Gasteiger partial charge in [0, 0.05) is 18.4 Å². The number of carbonyl (C=O) groups is 1. The fourth-order valence-corrected chi connectivity index (χ4v) is 3.00. The van der Waals surface area contributed by atoms with Crippen LogP contribution in [-0.2, 0) is 11.3 Å². The van der Waals surface area contributed by atoms with E-state index >= 15 is 0 Å². The topological polar surface area (TPSA) is 42.4 Å². The highest BCUT2D eigenvalue weighted by Gasteiger charge is 2.19. The van der Waals surface area contributed by atoms with Crippen molar-refractivity contribution in [2.45, 2.75) is 33.4 Å². The molecule has 3 aromatic rings. The van der Waals surface area contributed by atoms with Crippen molar-refractivity contribution in [1.29, 1.82) is 0 Å². The first-order valence-electron chi connectivity index (χ1n) is 8.63. The second-order valence-corrected chi connectivity index (χ2v) is 6.93. The van der Waals surface area contributed by atoms with Crippen molar-refractivity contribution in [3.8, 4) is 5.75 Å². The number of pyridine rings is 1. The van der Waals surface area contributed by atoms with Gasteiger partial charge in [0.1, 0.15) is 16.7 Å². The molecule has 2 aromatic carbocycles. The molecule has 0 aliphatic heterocycles. The highest BCUT2D eigenvalue weighted by Crippen LogP contribution is 2.32. The van der Waals surface area contributed by atoms with Crippen LogP contribution in [0.2, 0.25) is 5.15 Å². The molecule has 1 amide bonds. The lowest BCUT2D eigenvalue weighted by molar-refractivity contribution is -0.116. The lowest BCUT2D eigenvalue weighted by atomic mass is 10.1. The first kappa shape index (κ1) is 19.1. The van der Waals surface area contributed by atoms with E-state index in [0.717, 1.165) is 16.5 Å². The van der Waals surface area contributed by atoms with Gasteiger partial charge in [0.05, 0.1) is 23.9 Å². The van der Waals surface area contributed by atoms with Crippen LogP contribution in [0.4, 0.5) is 10.1 Å². The molecule has 1 heterocycles. The van der Waals surface area contributed by atoms with Gasteiger partial charge in [0.25, 0.3) is 0 Å².